The molecule has 4 nitrogen and oxygen atoms in total. The normalized spacial score (nSPS) is 19.0. The Hall–Kier alpha value is -1.49. The van der Waals surface area contributed by atoms with Crippen LogP contribution < -0.4 is 0 Å². The van der Waals surface area contributed by atoms with Gasteiger partial charge in [0.15, 0.2) is 5.82 Å². The first-order valence-corrected chi connectivity index (χ1v) is 7.95. The van der Waals surface area contributed by atoms with E-state index in [1.165, 1.54) is 6.42 Å². The maximum atomic E-state index is 5.90. The molecular weight excluding hydrogens is 296 g/mol. The van der Waals surface area contributed by atoms with Gasteiger partial charge in [-0.3, -0.25) is 4.90 Å². The van der Waals surface area contributed by atoms with Crippen molar-refractivity contribution in [2.24, 2.45) is 0 Å². The van der Waals surface area contributed by atoms with Crippen molar-refractivity contribution in [1.82, 2.24) is 19.8 Å². The molecule has 2 heterocycles. The summed E-state index contributed by atoms with van der Waals surface area (Å²) in [5.41, 5.74) is 2.15. The molecule has 1 aliphatic heterocycles. The average Bonchev–Trinajstić information content (AvgIpc) is 2.98. The molecule has 1 aromatic heterocycles. The zero-order valence-electron chi connectivity index (χ0n) is 13.0. The van der Waals surface area contributed by atoms with Crippen LogP contribution in [0.5, 0.6) is 0 Å². The lowest BCUT2D eigenvalue weighted by Gasteiger charge is -2.20. The molecule has 22 heavy (non-hydrogen) atoms. The van der Waals surface area contributed by atoms with Crippen molar-refractivity contribution in [2.45, 2.75) is 19.0 Å². The minimum atomic E-state index is 0.661. The second-order valence-electron chi connectivity index (χ2n) is 6.06. The van der Waals surface area contributed by atoms with E-state index in [2.05, 4.69) is 33.9 Å². The minimum Gasteiger partial charge on any atom is -0.305 e. The van der Waals surface area contributed by atoms with Gasteiger partial charge in [-0.25, -0.2) is 9.97 Å². The second kappa shape index (κ2) is 6.73. The summed E-state index contributed by atoms with van der Waals surface area (Å²) in [5.74, 6) is 0.744. The van der Waals surface area contributed by atoms with Crippen LogP contribution in [0.4, 0.5) is 0 Å². The molecule has 0 bridgehead atoms. The fraction of sp³-hybridized carbons (Fsp3) is 0.412. The van der Waals surface area contributed by atoms with Crippen LogP contribution in [0.3, 0.4) is 0 Å². The molecule has 1 saturated heterocycles. The Morgan fingerprint density at radius 3 is 2.45 bits per heavy atom. The van der Waals surface area contributed by atoms with Crippen LogP contribution in [0.15, 0.2) is 36.7 Å². The van der Waals surface area contributed by atoms with E-state index >= 15 is 0 Å². The molecular formula is C17H21ClN4. The Labute approximate surface area is 136 Å². The molecule has 0 amide bonds. The lowest BCUT2D eigenvalue weighted by Crippen LogP contribution is -2.31. The fourth-order valence-corrected chi connectivity index (χ4v) is 2.95. The molecule has 0 spiro atoms. The number of hydrogen-bond acceptors (Lipinski definition) is 4. The Morgan fingerprint density at radius 2 is 1.86 bits per heavy atom. The Balaban J connectivity index is 1.64. The molecule has 5 heteroatoms. The van der Waals surface area contributed by atoms with Gasteiger partial charge in [0.25, 0.3) is 0 Å². The summed E-state index contributed by atoms with van der Waals surface area (Å²) < 4.78 is 0. The van der Waals surface area contributed by atoms with Gasteiger partial charge in [0.05, 0.1) is 0 Å². The molecule has 116 valence electrons. The van der Waals surface area contributed by atoms with Crippen LogP contribution in [0.2, 0.25) is 5.02 Å². The van der Waals surface area contributed by atoms with Crippen LogP contribution in [-0.4, -0.2) is 53.0 Å². The molecule has 1 aromatic carbocycles. The highest BCUT2D eigenvalue weighted by atomic mass is 35.5. The van der Waals surface area contributed by atoms with Crippen molar-refractivity contribution in [3.63, 3.8) is 0 Å². The lowest BCUT2D eigenvalue weighted by molar-refractivity contribution is 0.264. The van der Waals surface area contributed by atoms with Crippen molar-refractivity contribution in [1.29, 1.82) is 0 Å². The van der Waals surface area contributed by atoms with E-state index in [9.17, 15) is 0 Å². The predicted octanol–water partition coefficient (Wildman–Crippen LogP) is 2.93. The summed E-state index contributed by atoms with van der Waals surface area (Å²) in [6.07, 6.45) is 5.09. The van der Waals surface area contributed by atoms with Gasteiger partial charge >= 0.3 is 0 Å². The molecule has 0 radical (unpaired) electrons. The number of hydrogen-bond donors (Lipinski definition) is 0. The zero-order chi connectivity index (χ0) is 15.5. The van der Waals surface area contributed by atoms with Gasteiger partial charge < -0.3 is 4.90 Å². The van der Waals surface area contributed by atoms with Gasteiger partial charge in [0.1, 0.15) is 0 Å². The molecule has 0 aliphatic carbocycles. The van der Waals surface area contributed by atoms with Crippen molar-refractivity contribution in [2.75, 3.05) is 27.2 Å². The predicted molar refractivity (Wildman–Crippen MR) is 89.8 cm³/mol. The van der Waals surface area contributed by atoms with Gasteiger partial charge in [-0.1, -0.05) is 11.6 Å². The summed E-state index contributed by atoms with van der Waals surface area (Å²) in [6, 6.07) is 8.27. The number of rotatable bonds is 4. The standard InChI is InChI=1S/C17H21ClN4/c1-21(2)16-7-8-22(12-16)11-13-9-19-17(20-10-13)14-3-5-15(18)6-4-14/h3-6,9-10,16H,7-8,11-12H2,1-2H3/t16-/m1/s1. The van der Waals surface area contributed by atoms with E-state index in [1.54, 1.807) is 0 Å². The smallest absolute Gasteiger partial charge is 0.159 e. The van der Waals surface area contributed by atoms with Crippen molar-refractivity contribution >= 4 is 11.6 Å². The first-order chi connectivity index (χ1) is 10.6. The SMILES string of the molecule is CN(C)[C@@H]1CCN(Cc2cnc(-c3ccc(Cl)cc3)nc2)C1. The van der Waals surface area contributed by atoms with Crippen molar-refractivity contribution < 1.29 is 0 Å². The first-order valence-electron chi connectivity index (χ1n) is 7.57. The van der Waals surface area contributed by atoms with E-state index in [-0.39, 0.29) is 0 Å². The monoisotopic (exact) mass is 316 g/mol. The van der Waals surface area contributed by atoms with Gasteiger partial charge in [0, 0.05) is 54.2 Å². The van der Waals surface area contributed by atoms with E-state index in [0.29, 0.717) is 6.04 Å². The highest BCUT2D eigenvalue weighted by molar-refractivity contribution is 6.30. The summed E-state index contributed by atoms with van der Waals surface area (Å²) in [6.45, 7) is 3.18. The Bertz CT molecular complexity index is 610. The number of halogens is 1. The average molecular weight is 317 g/mol. The molecule has 0 saturated carbocycles. The number of benzene rings is 1. The molecule has 0 N–H and O–H groups in total. The van der Waals surface area contributed by atoms with Gasteiger partial charge in [-0.05, 0) is 44.8 Å². The molecule has 0 unspecified atom stereocenters. The summed E-state index contributed by atoms with van der Waals surface area (Å²) >= 11 is 5.90. The van der Waals surface area contributed by atoms with Crippen molar-refractivity contribution in [3.05, 3.63) is 47.2 Å². The minimum absolute atomic E-state index is 0.661. The largest absolute Gasteiger partial charge is 0.305 e. The van der Waals surface area contributed by atoms with Gasteiger partial charge in [0.2, 0.25) is 0 Å². The van der Waals surface area contributed by atoms with E-state index in [0.717, 1.165) is 41.6 Å². The second-order valence-corrected chi connectivity index (χ2v) is 6.50. The highest BCUT2D eigenvalue weighted by Gasteiger charge is 2.23. The van der Waals surface area contributed by atoms with Gasteiger partial charge in [-0.15, -0.1) is 0 Å². The molecule has 1 atom stereocenters. The van der Waals surface area contributed by atoms with E-state index in [1.807, 2.05) is 36.7 Å². The molecule has 3 rings (SSSR count). The maximum absolute atomic E-state index is 5.90. The molecule has 1 fully saturated rings. The summed E-state index contributed by atoms with van der Waals surface area (Å²) in [5, 5.41) is 0.727. The van der Waals surface area contributed by atoms with Crippen LogP contribution in [-0.2, 0) is 6.54 Å². The summed E-state index contributed by atoms with van der Waals surface area (Å²) in [4.78, 5) is 13.7. The third-order valence-electron chi connectivity index (χ3n) is 4.19. The molecule has 1 aliphatic rings. The molecule has 2 aromatic rings. The number of likely N-dealkylation sites (N-methyl/N-ethyl adjacent to an activating group) is 1. The third-order valence-corrected chi connectivity index (χ3v) is 4.44. The highest BCUT2D eigenvalue weighted by Crippen LogP contribution is 2.19. The number of nitrogens with zero attached hydrogens (tertiary/aromatic N) is 4. The van der Waals surface area contributed by atoms with Crippen LogP contribution in [0.25, 0.3) is 11.4 Å². The van der Waals surface area contributed by atoms with E-state index < -0.39 is 0 Å². The number of likely N-dealkylation sites (tertiary alicyclic amines) is 1. The van der Waals surface area contributed by atoms with Crippen LogP contribution in [0.1, 0.15) is 12.0 Å². The van der Waals surface area contributed by atoms with Gasteiger partial charge in [-0.2, -0.15) is 0 Å². The maximum Gasteiger partial charge on any atom is 0.159 e. The summed E-state index contributed by atoms with van der Waals surface area (Å²) in [7, 11) is 4.30. The third kappa shape index (κ3) is 3.64. The van der Waals surface area contributed by atoms with Crippen molar-refractivity contribution in [3.8, 4) is 11.4 Å². The van der Waals surface area contributed by atoms with Crippen LogP contribution >= 0.6 is 11.6 Å². The quantitative estimate of drug-likeness (QED) is 0.868. The Morgan fingerprint density at radius 1 is 1.18 bits per heavy atom. The lowest BCUT2D eigenvalue weighted by atomic mass is 10.2. The van der Waals surface area contributed by atoms with E-state index in [4.69, 9.17) is 11.6 Å². The first kappa shape index (κ1) is 15.4. The zero-order valence-corrected chi connectivity index (χ0v) is 13.8. The number of aromatic nitrogens is 2. The van der Waals surface area contributed by atoms with Crippen LogP contribution in [0, 0.1) is 0 Å². The fourth-order valence-electron chi connectivity index (χ4n) is 2.82. The topological polar surface area (TPSA) is 32.3 Å². The Kier molecular flexibility index (Phi) is 4.71.